The zero-order chi connectivity index (χ0) is 36.1. The molecule has 0 unspecified atom stereocenters. The van der Waals surface area contributed by atoms with E-state index in [1.807, 2.05) is 0 Å². The van der Waals surface area contributed by atoms with Gasteiger partial charge in [0.1, 0.15) is 0 Å². The number of hydrogen-bond acceptors (Lipinski definition) is 2. The number of anilines is 6. The summed E-state index contributed by atoms with van der Waals surface area (Å²) in [5.74, 6) is 0. The van der Waals surface area contributed by atoms with E-state index in [4.69, 9.17) is 0 Å². The maximum Gasteiger partial charge on any atom is 0.0540 e. The lowest BCUT2D eigenvalue weighted by Gasteiger charge is -2.27. The van der Waals surface area contributed by atoms with Gasteiger partial charge in [-0.1, -0.05) is 152 Å². The predicted molar refractivity (Wildman–Crippen MR) is 231 cm³/mol. The van der Waals surface area contributed by atoms with Crippen molar-refractivity contribution in [3.05, 3.63) is 224 Å². The van der Waals surface area contributed by atoms with E-state index >= 15 is 0 Å². The molecule has 8 aromatic carbocycles. The van der Waals surface area contributed by atoms with E-state index in [0.29, 0.717) is 0 Å². The van der Waals surface area contributed by atoms with Gasteiger partial charge in [0, 0.05) is 33.8 Å². The Morgan fingerprint density at radius 3 is 1.31 bits per heavy atom. The van der Waals surface area contributed by atoms with Crippen LogP contribution in [0.15, 0.2) is 218 Å². The summed E-state index contributed by atoms with van der Waals surface area (Å²) < 4.78 is 0. The van der Waals surface area contributed by atoms with Crippen molar-refractivity contribution in [3.8, 4) is 22.3 Å². The van der Waals surface area contributed by atoms with E-state index in [9.17, 15) is 0 Å². The summed E-state index contributed by atoms with van der Waals surface area (Å²) in [6.07, 6.45) is 9.06. The average molecular weight is 693 g/mol. The van der Waals surface area contributed by atoms with Crippen LogP contribution in [0, 0.1) is 0 Å². The maximum absolute atomic E-state index is 2.35. The van der Waals surface area contributed by atoms with Crippen LogP contribution in [-0.4, -0.2) is 0 Å². The second kappa shape index (κ2) is 15.0. The van der Waals surface area contributed by atoms with E-state index < -0.39 is 0 Å². The Bertz CT molecular complexity index is 2540. The second-order valence-electron chi connectivity index (χ2n) is 13.7. The third-order valence-corrected chi connectivity index (χ3v) is 10.3. The summed E-state index contributed by atoms with van der Waals surface area (Å²) >= 11 is 0. The first-order valence-corrected chi connectivity index (χ1v) is 18.7. The molecule has 0 saturated carbocycles. The van der Waals surface area contributed by atoms with Crippen molar-refractivity contribution in [1.82, 2.24) is 0 Å². The summed E-state index contributed by atoms with van der Waals surface area (Å²) in [5.41, 5.74) is 14.1. The quantitative estimate of drug-likeness (QED) is 0.149. The zero-order valence-electron chi connectivity index (χ0n) is 30.1. The molecule has 0 amide bonds. The van der Waals surface area contributed by atoms with Crippen molar-refractivity contribution < 1.29 is 0 Å². The number of allylic oxidation sites excluding steroid dienone is 4. The Morgan fingerprint density at radius 2 is 0.759 bits per heavy atom. The molecule has 0 N–H and O–H groups in total. The van der Waals surface area contributed by atoms with Gasteiger partial charge in [0.25, 0.3) is 0 Å². The summed E-state index contributed by atoms with van der Waals surface area (Å²) in [4.78, 5) is 4.70. The highest BCUT2D eigenvalue weighted by Crippen LogP contribution is 2.41. The minimum absolute atomic E-state index is 1.10. The third kappa shape index (κ3) is 6.74. The van der Waals surface area contributed by atoms with Crippen molar-refractivity contribution in [3.63, 3.8) is 0 Å². The van der Waals surface area contributed by atoms with Crippen LogP contribution >= 0.6 is 0 Å². The molecule has 0 radical (unpaired) electrons. The minimum atomic E-state index is 1.10. The van der Waals surface area contributed by atoms with Crippen LogP contribution in [0.25, 0.3) is 38.6 Å². The van der Waals surface area contributed by atoms with Crippen molar-refractivity contribution in [2.75, 3.05) is 9.80 Å². The van der Waals surface area contributed by atoms with Gasteiger partial charge in [-0.2, -0.15) is 0 Å². The number of rotatable bonds is 9. The van der Waals surface area contributed by atoms with Crippen LogP contribution in [0.3, 0.4) is 0 Å². The molecule has 0 aromatic heterocycles. The zero-order valence-corrected chi connectivity index (χ0v) is 30.1. The lowest BCUT2D eigenvalue weighted by atomic mass is 9.99. The highest BCUT2D eigenvalue weighted by atomic mass is 15.1. The first-order chi connectivity index (χ1) is 26.8. The molecule has 8 aromatic rings. The molecular weight excluding hydrogens is 653 g/mol. The molecule has 2 nitrogen and oxygen atoms in total. The van der Waals surface area contributed by atoms with Crippen molar-refractivity contribution in [2.45, 2.75) is 12.8 Å². The molecule has 0 spiro atoms. The van der Waals surface area contributed by atoms with Crippen LogP contribution in [0.2, 0.25) is 0 Å². The average Bonchev–Trinajstić information content (AvgIpc) is 3.26. The summed E-state index contributed by atoms with van der Waals surface area (Å²) in [6, 6.07) is 72.1. The minimum Gasteiger partial charge on any atom is -0.311 e. The van der Waals surface area contributed by atoms with Crippen LogP contribution < -0.4 is 9.80 Å². The van der Waals surface area contributed by atoms with Gasteiger partial charge in [-0.05, 0) is 118 Å². The fourth-order valence-corrected chi connectivity index (χ4v) is 7.52. The molecule has 2 heteroatoms. The molecular formula is C52H40N2. The van der Waals surface area contributed by atoms with Crippen molar-refractivity contribution >= 4 is 50.5 Å². The monoisotopic (exact) mass is 692 g/mol. The van der Waals surface area contributed by atoms with Gasteiger partial charge >= 0.3 is 0 Å². The SMILES string of the molecule is C1=CC(c2ccc(N(c3ccc(-c4ccccc4)cc3)c3ccc(-c4ccc(N(c5ccccc5)c5cccc6ccccc56)cc4)cc3)cc2)=CCC1. The van der Waals surface area contributed by atoms with Gasteiger partial charge < -0.3 is 9.80 Å². The Labute approximate surface area is 318 Å². The number of nitrogens with zero attached hydrogens (tertiary/aromatic N) is 2. The van der Waals surface area contributed by atoms with Crippen LogP contribution in [0.1, 0.15) is 18.4 Å². The highest BCUT2D eigenvalue weighted by molar-refractivity contribution is 5.99. The molecule has 1 aliphatic rings. The number of hydrogen-bond donors (Lipinski definition) is 0. The summed E-state index contributed by atoms with van der Waals surface area (Å²) in [5, 5.41) is 2.45. The molecule has 1 aliphatic carbocycles. The first-order valence-electron chi connectivity index (χ1n) is 18.7. The lowest BCUT2D eigenvalue weighted by Crippen LogP contribution is -2.10. The molecule has 258 valence electrons. The normalized spacial score (nSPS) is 12.3. The molecule has 54 heavy (non-hydrogen) atoms. The number of para-hydroxylation sites is 1. The maximum atomic E-state index is 2.35. The largest absolute Gasteiger partial charge is 0.311 e. The Morgan fingerprint density at radius 1 is 0.315 bits per heavy atom. The van der Waals surface area contributed by atoms with Gasteiger partial charge in [-0.3, -0.25) is 0 Å². The van der Waals surface area contributed by atoms with E-state index in [0.717, 1.165) is 47.0 Å². The standard InChI is InChI=1S/C52H40N2/c1-4-13-39(14-5-1)41-23-31-47(32-24-41)53(48-33-25-42(26-34-48)40-15-6-2-7-16-40)49-35-27-43(28-36-49)44-29-37-50(38-30-44)54(46-19-8-3-9-20-46)52-22-12-18-45-17-10-11-21-51(45)52/h1,3-6,8-38H,2,7H2. The molecule has 9 rings (SSSR count). The van der Waals surface area contributed by atoms with Gasteiger partial charge in [0.05, 0.1) is 5.69 Å². The van der Waals surface area contributed by atoms with E-state index in [1.165, 1.54) is 44.2 Å². The van der Waals surface area contributed by atoms with E-state index in [-0.39, 0.29) is 0 Å². The Kier molecular flexibility index (Phi) is 9.15. The highest BCUT2D eigenvalue weighted by Gasteiger charge is 2.17. The topological polar surface area (TPSA) is 6.48 Å². The predicted octanol–water partition coefficient (Wildman–Crippen LogP) is 14.8. The Hall–Kier alpha value is -6.90. The fraction of sp³-hybridized carbons (Fsp3) is 0.0385. The van der Waals surface area contributed by atoms with Gasteiger partial charge in [-0.25, -0.2) is 0 Å². The number of benzene rings is 8. The van der Waals surface area contributed by atoms with Crippen molar-refractivity contribution in [1.29, 1.82) is 0 Å². The fourth-order valence-electron chi connectivity index (χ4n) is 7.52. The van der Waals surface area contributed by atoms with Crippen LogP contribution in [-0.2, 0) is 0 Å². The van der Waals surface area contributed by atoms with Gasteiger partial charge in [-0.15, -0.1) is 0 Å². The molecule has 0 heterocycles. The summed E-state index contributed by atoms with van der Waals surface area (Å²) in [6.45, 7) is 0. The first kappa shape index (κ1) is 33.0. The van der Waals surface area contributed by atoms with E-state index in [1.54, 1.807) is 0 Å². The third-order valence-electron chi connectivity index (χ3n) is 10.3. The molecule has 0 bridgehead atoms. The molecule has 0 atom stereocenters. The number of fused-ring (bicyclic) bond motifs is 1. The molecule has 0 aliphatic heterocycles. The van der Waals surface area contributed by atoms with E-state index in [2.05, 4.69) is 228 Å². The van der Waals surface area contributed by atoms with Gasteiger partial charge in [0.15, 0.2) is 0 Å². The smallest absolute Gasteiger partial charge is 0.0540 e. The molecule has 0 fully saturated rings. The summed E-state index contributed by atoms with van der Waals surface area (Å²) in [7, 11) is 0. The second-order valence-corrected chi connectivity index (χ2v) is 13.7. The van der Waals surface area contributed by atoms with Crippen molar-refractivity contribution in [2.24, 2.45) is 0 Å². The van der Waals surface area contributed by atoms with Crippen LogP contribution in [0.5, 0.6) is 0 Å². The van der Waals surface area contributed by atoms with Gasteiger partial charge in [0.2, 0.25) is 0 Å². The Balaban J connectivity index is 1.04. The molecule has 0 saturated heterocycles. The van der Waals surface area contributed by atoms with Crippen LogP contribution in [0.4, 0.5) is 34.1 Å². The lowest BCUT2D eigenvalue weighted by molar-refractivity contribution is 1.04.